The zero-order valence-electron chi connectivity index (χ0n) is 11.8. The van der Waals surface area contributed by atoms with Crippen molar-refractivity contribution in [1.29, 1.82) is 0 Å². The lowest BCUT2D eigenvalue weighted by Gasteiger charge is -2.12. The Hall–Kier alpha value is -1.96. The molecule has 120 valence electrons. The van der Waals surface area contributed by atoms with Crippen LogP contribution < -0.4 is 4.74 Å². The third kappa shape index (κ3) is 3.27. The molecule has 1 aliphatic rings. The molecule has 0 aromatic heterocycles. The first-order valence-corrected chi connectivity index (χ1v) is 7.60. The van der Waals surface area contributed by atoms with E-state index in [1.54, 1.807) is 18.2 Å². The van der Waals surface area contributed by atoms with Gasteiger partial charge in [0.25, 0.3) is 0 Å². The summed E-state index contributed by atoms with van der Waals surface area (Å²) < 4.78 is 68.7. The third-order valence-corrected chi connectivity index (χ3v) is 4.09. The molecule has 0 amide bonds. The molecule has 0 atom stereocenters. The summed E-state index contributed by atoms with van der Waals surface area (Å²) in [4.78, 5) is 0. The van der Waals surface area contributed by atoms with Crippen LogP contribution in [0.1, 0.15) is 18.1 Å². The second-order valence-electron chi connectivity index (χ2n) is 4.70. The van der Waals surface area contributed by atoms with Gasteiger partial charge in [-0.1, -0.05) is 12.1 Å². The van der Waals surface area contributed by atoms with Crippen molar-refractivity contribution in [2.45, 2.75) is 18.9 Å². The van der Waals surface area contributed by atoms with Crippen LogP contribution in [0, 0.1) is 0 Å². The van der Waals surface area contributed by atoms with Crippen LogP contribution in [0.4, 0.5) is 13.2 Å². The topological polar surface area (TPSA) is 52.6 Å². The average molecular weight is 334 g/mol. The molecule has 0 heterocycles. The van der Waals surface area contributed by atoms with Crippen LogP contribution in [0.15, 0.2) is 35.6 Å². The van der Waals surface area contributed by atoms with Gasteiger partial charge in [-0.15, -0.1) is 0 Å². The van der Waals surface area contributed by atoms with E-state index in [1.165, 1.54) is 26.2 Å². The largest absolute Gasteiger partial charge is 0.534 e. The van der Waals surface area contributed by atoms with Gasteiger partial charge >= 0.3 is 15.6 Å². The monoisotopic (exact) mass is 334 g/mol. The number of benzene rings is 1. The predicted molar refractivity (Wildman–Crippen MR) is 74.5 cm³/mol. The second-order valence-corrected chi connectivity index (χ2v) is 6.24. The van der Waals surface area contributed by atoms with Crippen molar-refractivity contribution in [3.8, 4) is 5.75 Å². The fourth-order valence-corrected chi connectivity index (χ4v) is 2.49. The Labute approximate surface area is 126 Å². The number of rotatable bonds is 3. The number of ether oxygens (including phenoxy) is 1. The highest BCUT2D eigenvalue weighted by Gasteiger charge is 2.48. The summed E-state index contributed by atoms with van der Waals surface area (Å²) in [7, 11) is -4.18. The number of methoxy groups -OCH3 is 1. The van der Waals surface area contributed by atoms with Crippen molar-refractivity contribution >= 4 is 16.2 Å². The van der Waals surface area contributed by atoms with E-state index < -0.39 is 15.6 Å². The molecule has 0 radical (unpaired) electrons. The first-order valence-electron chi connectivity index (χ1n) is 6.19. The summed E-state index contributed by atoms with van der Waals surface area (Å²) in [6, 6.07) is 5.20. The Kier molecular flexibility index (Phi) is 4.23. The van der Waals surface area contributed by atoms with Gasteiger partial charge < -0.3 is 8.92 Å². The Morgan fingerprint density at radius 3 is 2.45 bits per heavy atom. The molecule has 22 heavy (non-hydrogen) atoms. The molecule has 0 unspecified atom stereocenters. The summed E-state index contributed by atoms with van der Waals surface area (Å²) in [6.07, 6.45) is 2.98. The number of fused-ring (bicyclic) bond motifs is 1. The van der Waals surface area contributed by atoms with Crippen molar-refractivity contribution in [3.05, 3.63) is 46.7 Å². The first kappa shape index (κ1) is 16.4. The lowest BCUT2D eigenvalue weighted by atomic mass is 10.0. The van der Waals surface area contributed by atoms with Gasteiger partial charge in [0, 0.05) is 0 Å². The minimum atomic E-state index is -5.68. The van der Waals surface area contributed by atoms with Crippen molar-refractivity contribution in [1.82, 2.24) is 0 Å². The molecule has 0 N–H and O–H groups in total. The zero-order valence-corrected chi connectivity index (χ0v) is 12.6. The maximum absolute atomic E-state index is 12.4. The highest BCUT2D eigenvalue weighted by molar-refractivity contribution is 7.87. The number of hydrogen-bond acceptors (Lipinski definition) is 4. The standard InChI is InChI=1S/C14H13F3O4S/c1-9-7-10-3-5-12(20-2)8-11(10)4-6-13(9)21-22(18,19)14(15,16)17/h3-6,8H,7H2,1-2H3. The molecule has 0 fully saturated rings. The zero-order chi connectivity index (χ0) is 16.5. The highest BCUT2D eigenvalue weighted by Crippen LogP contribution is 2.31. The Balaban J connectivity index is 2.36. The summed E-state index contributed by atoms with van der Waals surface area (Å²) in [6.45, 7) is 1.52. The molecule has 1 aromatic rings. The predicted octanol–water partition coefficient (Wildman–Crippen LogP) is 3.40. The van der Waals surface area contributed by atoms with E-state index >= 15 is 0 Å². The molecule has 0 spiro atoms. The molecular weight excluding hydrogens is 321 g/mol. The van der Waals surface area contributed by atoms with Crippen molar-refractivity contribution in [2.24, 2.45) is 0 Å². The van der Waals surface area contributed by atoms with Gasteiger partial charge in [-0.3, -0.25) is 0 Å². The minimum Gasteiger partial charge on any atom is -0.497 e. The summed E-state index contributed by atoms with van der Waals surface area (Å²) in [5, 5.41) is 0. The van der Waals surface area contributed by atoms with Gasteiger partial charge in [0.15, 0.2) is 0 Å². The highest BCUT2D eigenvalue weighted by atomic mass is 32.2. The maximum atomic E-state index is 12.4. The molecule has 0 bridgehead atoms. The first-order chi connectivity index (χ1) is 10.1. The fraction of sp³-hybridized carbons (Fsp3) is 0.286. The van der Waals surface area contributed by atoms with E-state index in [0.717, 1.165) is 11.1 Å². The van der Waals surface area contributed by atoms with Gasteiger partial charge in [0.05, 0.1) is 7.11 Å². The minimum absolute atomic E-state index is 0.273. The molecular formula is C14H13F3O4S. The lowest BCUT2D eigenvalue weighted by Crippen LogP contribution is -2.25. The summed E-state index contributed by atoms with van der Waals surface area (Å²) >= 11 is 0. The Bertz CT molecular complexity index is 746. The SMILES string of the molecule is COc1ccc2c(c1)C=CC(OS(=O)(=O)C(F)(F)F)=C(C)C2. The van der Waals surface area contributed by atoms with Gasteiger partial charge in [0.2, 0.25) is 0 Å². The molecule has 1 aliphatic carbocycles. The third-order valence-electron chi connectivity index (χ3n) is 3.13. The second kappa shape index (κ2) is 5.68. The van der Waals surface area contributed by atoms with Crippen LogP contribution in [-0.4, -0.2) is 21.0 Å². The molecule has 0 saturated heterocycles. The van der Waals surface area contributed by atoms with E-state index in [9.17, 15) is 21.6 Å². The van der Waals surface area contributed by atoms with Crippen molar-refractivity contribution < 1.29 is 30.5 Å². The van der Waals surface area contributed by atoms with Crippen molar-refractivity contribution in [3.63, 3.8) is 0 Å². The van der Waals surface area contributed by atoms with E-state index in [2.05, 4.69) is 4.18 Å². The quantitative estimate of drug-likeness (QED) is 0.628. The maximum Gasteiger partial charge on any atom is 0.534 e. The summed E-state index contributed by atoms with van der Waals surface area (Å²) in [5.74, 6) is 0.265. The van der Waals surface area contributed by atoms with Gasteiger partial charge in [-0.2, -0.15) is 21.6 Å². The number of halogens is 3. The molecule has 2 rings (SSSR count). The molecule has 1 aromatic carbocycles. The van der Waals surface area contributed by atoms with Crippen LogP contribution in [0.25, 0.3) is 6.08 Å². The van der Waals surface area contributed by atoms with E-state index in [0.29, 0.717) is 11.3 Å². The molecule has 8 heteroatoms. The summed E-state index contributed by atoms with van der Waals surface area (Å²) in [5.41, 5.74) is -3.52. The van der Waals surface area contributed by atoms with Crippen LogP contribution >= 0.6 is 0 Å². The van der Waals surface area contributed by atoms with Crippen LogP contribution in [0.2, 0.25) is 0 Å². The van der Waals surface area contributed by atoms with E-state index in [1.807, 2.05) is 0 Å². The number of allylic oxidation sites excluding steroid dienone is 2. The Morgan fingerprint density at radius 2 is 1.86 bits per heavy atom. The van der Waals surface area contributed by atoms with Crippen LogP contribution in [0.5, 0.6) is 5.75 Å². The molecule has 0 aliphatic heterocycles. The van der Waals surface area contributed by atoms with E-state index in [4.69, 9.17) is 4.74 Å². The van der Waals surface area contributed by atoms with Gasteiger partial charge in [-0.25, -0.2) is 0 Å². The normalized spacial score (nSPS) is 15.3. The Morgan fingerprint density at radius 1 is 1.18 bits per heavy atom. The van der Waals surface area contributed by atoms with Crippen LogP contribution in [0.3, 0.4) is 0 Å². The lowest BCUT2D eigenvalue weighted by molar-refractivity contribution is -0.0520. The molecule has 0 saturated carbocycles. The van der Waals surface area contributed by atoms with Gasteiger partial charge in [-0.05, 0) is 48.3 Å². The van der Waals surface area contributed by atoms with E-state index in [-0.39, 0.29) is 12.2 Å². The van der Waals surface area contributed by atoms with Gasteiger partial charge in [0.1, 0.15) is 11.5 Å². The molecule has 4 nitrogen and oxygen atoms in total. The smallest absolute Gasteiger partial charge is 0.497 e. The van der Waals surface area contributed by atoms with Crippen LogP contribution in [-0.2, 0) is 20.7 Å². The fourth-order valence-electron chi connectivity index (χ4n) is 1.96. The average Bonchev–Trinajstić information content (AvgIpc) is 2.56. The number of hydrogen-bond donors (Lipinski definition) is 0. The number of alkyl halides is 3. The van der Waals surface area contributed by atoms with Crippen molar-refractivity contribution in [2.75, 3.05) is 7.11 Å².